The van der Waals surface area contributed by atoms with Crippen molar-refractivity contribution in [1.29, 1.82) is 0 Å². The van der Waals surface area contributed by atoms with Gasteiger partial charge in [-0.25, -0.2) is 4.09 Å². The highest BCUT2D eigenvalue weighted by atomic mass is 32.1. The van der Waals surface area contributed by atoms with Gasteiger partial charge >= 0.3 is 0 Å². The number of nitro benzene ring substituents is 1. The lowest BCUT2D eigenvalue weighted by molar-refractivity contribution is -0.385. The molecular formula is C11H11N3O4S. The van der Waals surface area contributed by atoms with Crippen LogP contribution >= 0.6 is 12.8 Å². The molecule has 0 N–H and O–H groups in total. The summed E-state index contributed by atoms with van der Waals surface area (Å²) in [6, 6.07) is 6.21. The smallest absolute Gasteiger partial charge is 0.279 e. The molecule has 0 bridgehead atoms. The van der Waals surface area contributed by atoms with Crippen molar-refractivity contribution in [2.45, 2.75) is 6.61 Å². The molecule has 0 radical (unpaired) electrons. The number of nitrogens with zero attached hydrogens (tertiary/aromatic N) is 3. The van der Waals surface area contributed by atoms with Gasteiger partial charge in [-0.05, 0) is 18.9 Å². The van der Waals surface area contributed by atoms with Crippen LogP contribution in [0.15, 0.2) is 30.5 Å². The Morgan fingerprint density at radius 2 is 2.26 bits per heavy atom. The Labute approximate surface area is 114 Å². The van der Waals surface area contributed by atoms with Crippen molar-refractivity contribution in [2.24, 2.45) is 0 Å². The van der Waals surface area contributed by atoms with E-state index in [0.717, 1.165) is 0 Å². The molecule has 0 aliphatic rings. The second kappa shape index (κ2) is 5.61. The standard InChI is InChI=1S/C11H11N3O4S/c1-17-10-4-2-3-9(14(15)16)8(10)7-18-11-5-6-13(19)12-11/h2-6,19H,7H2,1H3. The van der Waals surface area contributed by atoms with Crippen LogP contribution in [0.4, 0.5) is 5.69 Å². The van der Waals surface area contributed by atoms with Crippen molar-refractivity contribution in [3.05, 3.63) is 46.1 Å². The summed E-state index contributed by atoms with van der Waals surface area (Å²) < 4.78 is 11.8. The zero-order valence-corrected chi connectivity index (χ0v) is 10.9. The van der Waals surface area contributed by atoms with Gasteiger partial charge in [-0.2, -0.15) is 0 Å². The number of hydrogen-bond donors (Lipinski definition) is 1. The highest BCUT2D eigenvalue weighted by Gasteiger charge is 2.19. The van der Waals surface area contributed by atoms with E-state index in [2.05, 4.69) is 17.9 Å². The minimum absolute atomic E-state index is 0.00881. The summed E-state index contributed by atoms with van der Waals surface area (Å²) in [5.74, 6) is 0.731. The van der Waals surface area contributed by atoms with E-state index in [1.54, 1.807) is 24.4 Å². The Balaban J connectivity index is 2.25. The van der Waals surface area contributed by atoms with Gasteiger partial charge in [0.2, 0.25) is 5.88 Å². The van der Waals surface area contributed by atoms with E-state index < -0.39 is 4.92 Å². The van der Waals surface area contributed by atoms with E-state index in [0.29, 0.717) is 17.2 Å². The van der Waals surface area contributed by atoms with Crippen LogP contribution in [0.3, 0.4) is 0 Å². The molecule has 7 nitrogen and oxygen atoms in total. The maximum absolute atomic E-state index is 11.0. The number of rotatable bonds is 5. The van der Waals surface area contributed by atoms with Crippen LogP contribution in [0.1, 0.15) is 5.56 Å². The third-order valence-corrected chi connectivity index (χ3v) is 2.66. The fraction of sp³-hybridized carbons (Fsp3) is 0.182. The van der Waals surface area contributed by atoms with Gasteiger partial charge in [0.15, 0.2) is 0 Å². The second-order valence-corrected chi connectivity index (χ2v) is 3.99. The maximum atomic E-state index is 11.0. The molecule has 1 aromatic carbocycles. The fourth-order valence-electron chi connectivity index (χ4n) is 1.58. The summed E-state index contributed by atoms with van der Waals surface area (Å²) in [6.45, 7) is -0.00881. The molecule has 8 heteroatoms. The van der Waals surface area contributed by atoms with E-state index in [-0.39, 0.29) is 12.3 Å². The summed E-state index contributed by atoms with van der Waals surface area (Å²) in [7, 11) is 1.45. The molecule has 1 aromatic heterocycles. The molecule has 0 saturated heterocycles. The van der Waals surface area contributed by atoms with Crippen molar-refractivity contribution in [3.8, 4) is 11.6 Å². The number of thiol groups is 1. The van der Waals surface area contributed by atoms with Crippen LogP contribution < -0.4 is 9.47 Å². The Morgan fingerprint density at radius 3 is 2.84 bits per heavy atom. The van der Waals surface area contributed by atoms with E-state index >= 15 is 0 Å². The third kappa shape index (κ3) is 2.97. The monoisotopic (exact) mass is 281 g/mol. The number of aromatic nitrogens is 2. The van der Waals surface area contributed by atoms with Crippen LogP contribution in [0.2, 0.25) is 0 Å². The first-order valence-corrected chi connectivity index (χ1v) is 5.70. The third-order valence-electron chi connectivity index (χ3n) is 2.44. The Kier molecular flexibility index (Phi) is 3.91. The molecule has 19 heavy (non-hydrogen) atoms. The Hall–Kier alpha value is -2.22. The zero-order valence-electron chi connectivity index (χ0n) is 10.0. The average Bonchev–Trinajstić information content (AvgIpc) is 2.81. The maximum Gasteiger partial charge on any atom is 0.279 e. The number of nitro groups is 1. The summed E-state index contributed by atoms with van der Waals surface area (Å²) in [4.78, 5) is 10.5. The van der Waals surface area contributed by atoms with Crippen LogP contribution in [-0.2, 0) is 6.61 Å². The topological polar surface area (TPSA) is 79.4 Å². The molecule has 100 valence electrons. The van der Waals surface area contributed by atoms with Crippen molar-refractivity contribution in [3.63, 3.8) is 0 Å². The number of hydrogen-bond acceptors (Lipinski definition) is 6. The quantitative estimate of drug-likeness (QED) is 0.515. The number of ether oxygens (including phenoxy) is 2. The predicted molar refractivity (Wildman–Crippen MR) is 70.6 cm³/mol. The highest BCUT2D eigenvalue weighted by Crippen LogP contribution is 2.29. The van der Waals surface area contributed by atoms with Crippen molar-refractivity contribution >= 4 is 18.5 Å². The summed E-state index contributed by atoms with van der Waals surface area (Å²) >= 11 is 3.97. The van der Waals surface area contributed by atoms with Crippen molar-refractivity contribution in [1.82, 2.24) is 9.19 Å². The minimum atomic E-state index is -0.474. The van der Waals surface area contributed by atoms with Gasteiger partial charge < -0.3 is 9.47 Å². The molecule has 0 amide bonds. The van der Waals surface area contributed by atoms with Crippen LogP contribution in [0.5, 0.6) is 11.6 Å². The van der Waals surface area contributed by atoms with E-state index in [4.69, 9.17) is 9.47 Å². The minimum Gasteiger partial charge on any atom is -0.496 e. The normalized spacial score (nSPS) is 10.2. The summed E-state index contributed by atoms with van der Waals surface area (Å²) in [5, 5.41) is 14.9. The summed E-state index contributed by atoms with van der Waals surface area (Å²) in [6.07, 6.45) is 1.59. The SMILES string of the molecule is COc1cccc([N+](=O)[O-])c1COc1ccn(S)n1. The Bertz CT molecular complexity index is 599. The van der Waals surface area contributed by atoms with Gasteiger partial charge in [-0.15, -0.1) is 5.10 Å². The molecule has 0 aliphatic carbocycles. The lowest BCUT2D eigenvalue weighted by Gasteiger charge is -2.09. The number of methoxy groups -OCH3 is 1. The second-order valence-electron chi connectivity index (χ2n) is 3.58. The lowest BCUT2D eigenvalue weighted by atomic mass is 10.1. The van der Waals surface area contributed by atoms with Gasteiger partial charge in [-0.3, -0.25) is 10.1 Å². The molecule has 0 fully saturated rings. The largest absolute Gasteiger partial charge is 0.496 e. The van der Waals surface area contributed by atoms with Gasteiger partial charge in [0, 0.05) is 18.3 Å². The molecule has 1 heterocycles. The first-order valence-electron chi connectivity index (χ1n) is 5.30. The van der Waals surface area contributed by atoms with Gasteiger partial charge in [-0.1, -0.05) is 6.07 Å². The molecule has 0 spiro atoms. The fourth-order valence-corrected chi connectivity index (χ4v) is 1.74. The molecule has 0 aliphatic heterocycles. The van der Waals surface area contributed by atoms with Gasteiger partial charge in [0.05, 0.1) is 12.0 Å². The van der Waals surface area contributed by atoms with E-state index in [9.17, 15) is 10.1 Å². The first kappa shape index (κ1) is 13.2. The average molecular weight is 281 g/mol. The van der Waals surface area contributed by atoms with Gasteiger partial charge in [0.25, 0.3) is 5.69 Å². The van der Waals surface area contributed by atoms with Crippen LogP contribution in [0.25, 0.3) is 0 Å². The molecule has 0 atom stereocenters. The van der Waals surface area contributed by atoms with Crippen LogP contribution in [-0.4, -0.2) is 21.2 Å². The zero-order chi connectivity index (χ0) is 13.8. The van der Waals surface area contributed by atoms with E-state index in [1.807, 2.05) is 0 Å². The Morgan fingerprint density at radius 1 is 1.47 bits per heavy atom. The van der Waals surface area contributed by atoms with Crippen molar-refractivity contribution in [2.75, 3.05) is 7.11 Å². The summed E-state index contributed by atoms with van der Waals surface area (Å²) in [5.41, 5.74) is 0.313. The molecule has 2 aromatic rings. The predicted octanol–water partition coefficient (Wildman–Crippen LogP) is 2.07. The van der Waals surface area contributed by atoms with Crippen LogP contribution in [0, 0.1) is 10.1 Å². The lowest BCUT2D eigenvalue weighted by Crippen LogP contribution is -2.03. The molecule has 2 rings (SSSR count). The molecular weight excluding hydrogens is 270 g/mol. The molecule has 0 unspecified atom stereocenters. The molecule has 0 saturated carbocycles. The van der Waals surface area contributed by atoms with Gasteiger partial charge in [0.1, 0.15) is 17.9 Å². The highest BCUT2D eigenvalue weighted by molar-refractivity contribution is 7.78. The number of benzene rings is 1. The van der Waals surface area contributed by atoms with E-state index in [1.165, 1.54) is 17.3 Å². The first-order chi connectivity index (χ1) is 9.11. The van der Waals surface area contributed by atoms with Crippen molar-refractivity contribution < 1.29 is 14.4 Å².